The number of aromatic nitrogens is 2. The van der Waals surface area contributed by atoms with E-state index in [0.29, 0.717) is 11.3 Å². The standard InChI is InChI=1S/C25H24BrN3O3S/c1-18-2-8-21(9-3-18)33(30,31)29-24(16-22-23(26)10-11-27-25(22)29)20-6-4-19(5-7-20)17-28-12-14-32-15-13-28/h2-11,16H,12-15,17H2,1H3. The summed E-state index contributed by atoms with van der Waals surface area (Å²) in [6.45, 7) is 6.15. The Morgan fingerprint density at radius 2 is 1.70 bits per heavy atom. The van der Waals surface area contributed by atoms with E-state index in [0.717, 1.165) is 53.8 Å². The van der Waals surface area contributed by atoms with Gasteiger partial charge in [0.15, 0.2) is 5.65 Å². The first kappa shape index (κ1) is 22.3. The fourth-order valence-corrected chi connectivity index (χ4v) is 5.99. The molecule has 0 radical (unpaired) electrons. The monoisotopic (exact) mass is 525 g/mol. The first-order valence-corrected chi connectivity index (χ1v) is 13.0. The molecule has 0 saturated carbocycles. The highest BCUT2D eigenvalue weighted by Gasteiger charge is 2.25. The summed E-state index contributed by atoms with van der Waals surface area (Å²) in [6.07, 6.45) is 1.61. The van der Waals surface area contributed by atoms with Crippen LogP contribution < -0.4 is 0 Å². The van der Waals surface area contributed by atoms with Crippen molar-refractivity contribution < 1.29 is 13.2 Å². The van der Waals surface area contributed by atoms with E-state index in [-0.39, 0.29) is 4.90 Å². The number of halogens is 1. The van der Waals surface area contributed by atoms with Crippen LogP contribution in [0.15, 0.2) is 76.2 Å². The molecule has 0 amide bonds. The van der Waals surface area contributed by atoms with Crippen molar-refractivity contribution >= 4 is 37.0 Å². The summed E-state index contributed by atoms with van der Waals surface area (Å²) in [5.41, 5.74) is 3.99. The number of morpholine rings is 1. The Kier molecular flexibility index (Phi) is 6.09. The quantitative estimate of drug-likeness (QED) is 0.372. The molecule has 0 unspecified atom stereocenters. The maximum Gasteiger partial charge on any atom is 0.269 e. The highest BCUT2D eigenvalue weighted by molar-refractivity contribution is 9.10. The van der Waals surface area contributed by atoms with Gasteiger partial charge in [0.1, 0.15) is 0 Å². The van der Waals surface area contributed by atoms with Crippen molar-refractivity contribution in [2.75, 3.05) is 26.3 Å². The normalized spacial score (nSPS) is 15.2. The van der Waals surface area contributed by atoms with E-state index < -0.39 is 10.0 Å². The number of nitrogens with zero attached hydrogens (tertiary/aromatic N) is 3. The molecule has 2 aromatic heterocycles. The highest BCUT2D eigenvalue weighted by atomic mass is 79.9. The zero-order chi connectivity index (χ0) is 23.0. The number of aryl methyl sites for hydroxylation is 1. The Bertz CT molecular complexity index is 1390. The van der Waals surface area contributed by atoms with Gasteiger partial charge in [0.2, 0.25) is 0 Å². The van der Waals surface area contributed by atoms with E-state index in [1.54, 1.807) is 18.3 Å². The van der Waals surface area contributed by atoms with Crippen molar-refractivity contribution in [3.8, 4) is 11.3 Å². The lowest BCUT2D eigenvalue weighted by Gasteiger charge is -2.26. The van der Waals surface area contributed by atoms with Crippen molar-refractivity contribution in [2.24, 2.45) is 0 Å². The Balaban J connectivity index is 1.60. The summed E-state index contributed by atoms with van der Waals surface area (Å²) in [7, 11) is -3.86. The smallest absolute Gasteiger partial charge is 0.269 e. The average Bonchev–Trinajstić information content (AvgIpc) is 3.22. The third kappa shape index (κ3) is 4.36. The maximum absolute atomic E-state index is 13.7. The highest BCUT2D eigenvalue weighted by Crippen LogP contribution is 2.34. The fraction of sp³-hybridized carbons (Fsp3) is 0.240. The van der Waals surface area contributed by atoms with Gasteiger partial charge >= 0.3 is 0 Å². The van der Waals surface area contributed by atoms with Crippen LogP contribution in [-0.4, -0.2) is 48.6 Å². The molecule has 3 heterocycles. The first-order valence-electron chi connectivity index (χ1n) is 10.8. The molecule has 8 heteroatoms. The van der Waals surface area contributed by atoms with Gasteiger partial charge in [-0.3, -0.25) is 4.90 Å². The third-order valence-electron chi connectivity index (χ3n) is 5.93. The molecule has 170 valence electrons. The van der Waals surface area contributed by atoms with Crippen LogP contribution in [0, 0.1) is 6.92 Å². The third-order valence-corrected chi connectivity index (χ3v) is 8.34. The molecule has 2 aromatic carbocycles. The molecule has 0 bridgehead atoms. The number of hydrogen-bond donors (Lipinski definition) is 0. The molecule has 0 atom stereocenters. The Morgan fingerprint density at radius 3 is 2.39 bits per heavy atom. The number of ether oxygens (including phenoxy) is 1. The van der Waals surface area contributed by atoms with Crippen molar-refractivity contribution in [2.45, 2.75) is 18.4 Å². The molecule has 5 rings (SSSR count). The molecule has 0 N–H and O–H groups in total. The van der Waals surface area contributed by atoms with Crippen LogP contribution in [0.25, 0.3) is 22.3 Å². The van der Waals surface area contributed by atoms with Gasteiger partial charge in [-0.15, -0.1) is 0 Å². The predicted molar refractivity (Wildman–Crippen MR) is 133 cm³/mol. The lowest BCUT2D eigenvalue weighted by atomic mass is 10.1. The number of pyridine rings is 1. The number of fused-ring (bicyclic) bond motifs is 1. The average molecular weight is 526 g/mol. The van der Waals surface area contributed by atoms with E-state index in [2.05, 4.69) is 37.9 Å². The molecule has 33 heavy (non-hydrogen) atoms. The van der Waals surface area contributed by atoms with E-state index in [4.69, 9.17) is 4.74 Å². The van der Waals surface area contributed by atoms with Gasteiger partial charge in [0, 0.05) is 35.7 Å². The van der Waals surface area contributed by atoms with Crippen LogP contribution in [0.1, 0.15) is 11.1 Å². The van der Waals surface area contributed by atoms with Gasteiger partial charge in [0.25, 0.3) is 10.0 Å². The second kappa shape index (κ2) is 9.02. The van der Waals surface area contributed by atoms with Gasteiger partial charge < -0.3 is 4.74 Å². The van der Waals surface area contributed by atoms with Gasteiger partial charge in [0.05, 0.1) is 23.8 Å². The topological polar surface area (TPSA) is 64.4 Å². The summed E-state index contributed by atoms with van der Waals surface area (Å²) in [6, 6.07) is 18.7. The van der Waals surface area contributed by atoms with Gasteiger partial charge in [-0.1, -0.05) is 42.0 Å². The van der Waals surface area contributed by atoms with Crippen LogP contribution in [0.4, 0.5) is 0 Å². The largest absolute Gasteiger partial charge is 0.379 e. The van der Waals surface area contributed by atoms with E-state index in [1.165, 1.54) is 9.54 Å². The maximum atomic E-state index is 13.7. The van der Waals surface area contributed by atoms with Crippen molar-refractivity contribution in [1.82, 2.24) is 13.9 Å². The second-order valence-corrected chi connectivity index (χ2v) is 10.9. The fourth-order valence-electron chi connectivity index (χ4n) is 4.10. The lowest BCUT2D eigenvalue weighted by Crippen LogP contribution is -2.35. The van der Waals surface area contributed by atoms with Crippen LogP contribution in [-0.2, 0) is 21.3 Å². The molecule has 1 aliphatic rings. The molecule has 1 saturated heterocycles. The Morgan fingerprint density at radius 1 is 1.00 bits per heavy atom. The zero-order valence-corrected chi connectivity index (χ0v) is 20.6. The van der Waals surface area contributed by atoms with Crippen LogP contribution in [0.3, 0.4) is 0 Å². The van der Waals surface area contributed by atoms with E-state index in [1.807, 2.05) is 43.3 Å². The molecule has 1 aliphatic heterocycles. The van der Waals surface area contributed by atoms with Crippen LogP contribution in [0.2, 0.25) is 0 Å². The first-order chi connectivity index (χ1) is 15.9. The lowest BCUT2D eigenvalue weighted by molar-refractivity contribution is 0.0342. The Hall–Kier alpha value is -2.52. The summed E-state index contributed by atoms with van der Waals surface area (Å²) >= 11 is 3.55. The molecule has 0 aliphatic carbocycles. The molecule has 4 aromatic rings. The number of rotatable bonds is 5. The molecule has 0 spiro atoms. The van der Waals surface area contributed by atoms with E-state index in [9.17, 15) is 8.42 Å². The van der Waals surface area contributed by atoms with Crippen molar-refractivity contribution in [3.05, 3.63) is 82.5 Å². The summed E-state index contributed by atoms with van der Waals surface area (Å²) < 4.78 is 35.1. The molecular weight excluding hydrogens is 502 g/mol. The van der Waals surface area contributed by atoms with Crippen molar-refractivity contribution in [3.63, 3.8) is 0 Å². The summed E-state index contributed by atoms with van der Waals surface area (Å²) in [4.78, 5) is 7.02. The Labute approximate surface area is 202 Å². The van der Waals surface area contributed by atoms with Crippen LogP contribution >= 0.6 is 15.9 Å². The summed E-state index contributed by atoms with van der Waals surface area (Å²) in [5.74, 6) is 0. The predicted octanol–water partition coefficient (Wildman–Crippen LogP) is 4.84. The van der Waals surface area contributed by atoms with Gasteiger partial charge in [-0.25, -0.2) is 17.4 Å². The van der Waals surface area contributed by atoms with Gasteiger partial charge in [-0.2, -0.15) is 0 Å². The molecule has 6 nitrogen and oxygen atoms in total. The minimum atomic E-state index is -3.86. The summed E-state index contributed by atoms with van der Waals surface area (Å²) in [5, 5.41) is 0.751. The van der Waals surface area contributed by atoms with Crippen LogP contribution in [0.5, 0.6) is 0 Å². The van der Waals surface area contributed by atoms with Gasteiger partial charge in [-0.05, 0) is 58.2 Å². The zero-order valence-electron chi connectivity index (χ0n) is 18.2. The van der Waals surface area contributed by atoms with E-state index >= 15 is 0 Å². The molecule has 1 fully saturated rings. The SMILES string of the molecule is Cc1ccc(S(=O)(=O)n2c(-c3ccc(CN4CCOCC4)cc3)cc3c(Br)ccnc32)cc1. The van der Waals surface area contributed by atoms with Crippen molar-refractivity contribution in [1.29, 1.82) is 0 Å². The minimum Gasteiger partial charge on any atom is -0.379 e. The molecular formula is C25H24BrN3O3S. The number of hydrogen-bond acceptors (Lipinski definition) is 5. The minimum absolute atomic E-state index is 0.234. The number of benzene rings is 2. The second-order valence-electron chi connectivity index (χ2n) is 8.23.